The highest BCUT2D eigenvalue weighted by atomic mass is 15.3. The molecule has 0 spiro atoms. The summed E-state index contributed by atoms with van der Waals surface area (Å²) < 4.78 is 0. The summed E-state index contributed by atoms with van der Waals surface area (Å²) in [5, 5.41) is 0. The molecule has 2 nitrogen and oxygen atoms in total. The summed E-state index contributed by atoms with van der Waals surface area (Å²) in [5.74, 6) is 0.950. The van der Waals surface area contributed by atoms with Crippen molar-refractivity contribution in [3.05, 3.63) is 0 Å². The van der Waals surface area contributed by atoms with Gasteiger partial charge in [-0.25, -0.2) is 5.43 Å². The fourth-order valence-corrected chi connectivity index (χ4v) is 0.706. The molecule has 53 valence electrons. The van der Waals surface area contributed by atoms with Gasteiger partial charge in [0.25, 0.3) is 0 Å². The van der Waals surface area contributed by atoms with Crippen LogP contribution in [0.15, 0.2) is 0 Å². The van der Waals surface area contributed by atoms with Crippen LogP contribution >= 0.6 is 0 Å². The first-order chi connectivity index (χ1) is 4.43. The van der Waals surface area contributed by atoms with Crippen LogP contribution in [0.5, 0.6) is 0 Å². The molecule has 0 saturated heterocycles. The molecule has 1 aliphatic rings. The predicted molar refractivity (Wildman–Crippen MR) is 38.0 cm³/mol. The molecule has 1 rings (SSSR count). The molecule has 0 aromatic carbocycles. The second kappa shape index (κ2) is 3.85. The largest absolute Gasteiger partial charge is 0.240 e. The van der Waals surface area contributed by atoms with Gasteiger partial charge in [0.15, 0.2) is 0 Å². The van der Waals surface area contributed by atoms with Crippen molar-refractivity contribution in [2.75, 3.05) is 13.1 Å². The maximum absolute atomic E-state index is 4.12. The lowest BCUT2D eigenvalue weighted by Crippen LogP contribution is -2.26. The lowest BCUT2D eigenvalue weighted by atomic mass is 10.4. The van der Waals surface area contributed by atoms with E-state index in [9.17, 15) is 0 Å². The van der Waals surface area contributed by atoms with Crippen LogP contribution < -0.4 is 10.9 Å². The lowest BCUT2D eigenvalue weighted by Gasteiger charge is -1.99. The van der Waals surface area contributed by atoms with E-state index in [2.05, 4.69) is 17.8 Å². The monoisotopic (exact) mass is 127 g/mol. The van der Waals surface area contributed by atoms with Gasteiger partial charge in [0, 0.05) is 13.1 Å². The van der Waals surface area contributed by atoms with E-state index in [1.165, 1.54) is 12.8 Å². The van der Waals surface area contributed by atoms with Gasteiger partial charge in [-0.3, -0.25) is 0 Å². The van der Waals surface area contributed by atoms with E-state index in [1.54, 1.807) is 0 Å². The van der Waals surface area contributed by atoms with Crippen LogP contribution in [0.4, 0.5) is 0 Å². The van der Waals surface area contributed by atoms with Crippen molar-refractivity contribution in [3.8, 4) is 0 Å². The van der Waals surface area contributed by atoms with E-state index in [-0.39, 0.29) is 0 Å². The van der Waals surface area contributed by atoms with Gasteiger partial charge in [0.05, 0.1) is 0 Å². The fraction of sp³-hybridized carbons (Fsp3) is 1.00. The number of hydrogen-bond donors (Lipinski definition) is 1. The third-order valence-electron chi connectivity index (χ3n) is 1.52. The summed E-state index contributed by atoms with van der Waals surface area (Å²) >= 11 is 0. The topological polar surface area (TPSA) is 26.1 Å². The second-order valence-corrected chi connectivity index (χ2v) is 2.69. The van der Waals surface area contributed by atoms with Crippen molar-refractivity contribution in [2.45, 2.75) is 26.2 Å². The molecule has 0 aliphatic heterocycles. The quantitative estimate of drug-likeness (QED) is 0.431. The Morgan fingerprint density at radius 2 is 2.33 bits per heavy atom. The summed E-state index contributed by atoms with van der Waals surface area (Å²) in [6.45, 7) is 4.22. The summed E-state index contributed by atoms with van der Waals surface area (Å²) in [4.78, 5) is 0. The van der Waals surface area contributed by atoms with E-state index in [0.717, 1.165) is 25.4 Å². The fourth-order valence-electron chi connectivity index (χ4n) is 0.706. The Morgan fingerprint density at radius 1 is 1.56 bits per heavy atom. The molecule has 1 fully saturated rings. The average molecular weight is 127 g/mol. The number of rotatable bonds is 5. The third-order valence-corrected chi connectivity index (χ3v) is 1.52. The van der Waals surface area contributed by atoms with Gasteiger partial charge in [-0.15, -0.1) is 0 Å². The number of hydrogen-bond acceptors (Lipinski definition) is 1. The van der Waals surface area contributed by atoms with Crippen molar-refractivity contribution in [1.29, 1.82) is 0 Å². The Bertz CT molecular complexity index is 69.3. The van der Waals surface area contributed by atoms with E-state index >= 15 is 0 Å². The third kappa shape index (κ3) is 3.49. The van der Waals surface area contributed by atoms with Crippen LogP contribution in [0.25, 0.3) is 0 Å². The molecule has 9 heavy (non-hydrogen) atoms. The van der Waals surface area contributed by atoms with Crippen molar-refractivity contribution < 1.29 is 0 Å². The minimum Gasteiger partial charge on any atom is -0.240 e. The highest BCUT2D eigenvalue weighted by Gasteiger charge is 2.20. The van der Waals surface area contributed by atoms with E-state index in [1.807, 2.05) is 0 Å². The molecule has 0 unspecified atom stereocenters. The highest BCUT2D eigenvalue weighted by molar-refractivity contribution is 4.73. The molecule has 0 bridgehead atoms. The van der Waals surface area contributed by atoms with Gasteiger partial charge in [0.1, 0.15) is 0 Å². The maximum atomic E-state index is 4.12. The van der Waals surface area contributed by atoms with E-state index < -0.39 is 0 Å². The van der Waals surface area contributed by atoms with Gasteiger partial charge in [-0.2, -0.15) is 5.43 Å². The molecule has 0 atom stereocenters. The molecule has 1 N–H and O–H groups in total. The van der Waals surface area contributed by atoms with Gasteiger partial charge in [0.2, 0.25) is 0 Å². The molecular weight excluding hydrogens is 112 g/mol. The minimum atomic E-state index is 0.950. The van der Waals surface area contributed by atoms with Gasteiger partial charge in [-0.05, 0) is 25.2 Å². The van der Waals surface area contributed by atoms with Crippen LogP contribution in [0, 0.1) is 5.92 Å². The van der Waals surface area contributed by atoms with Gasteiger partial charge >= 0.3 is 0 Å². The molecule has 2 heteroatoms. The zero-order chi connectivity index (χ0) is 6.53. The number of nitrogens with zero attached hydrogens (tertiary/aromatic N) is 1. The zero-order valence-electron chi connectivity index (χ0n) is 6.06. The normalized spacial score (nSPS) is 18.3. The van der Waals surface area contributed by atoms with Crippen LogP contribution in [0.3, 0.4) is 0 Å². The molecule has 0 aromatic heterocycles. The molecule has 0 amide bonds. The van der Waals surface area contributed by atoms with Gasteiger partial charge < -0.3 is 0 Å². The molecule has 1 radical (unpaired) electrons. The highest BCUT2D eigenvalue weighted by Crippen LogP contribution is 2.27. The van der Waals surface area contributed by atoms with E-state index in [4.69, 9.17) is 0 Å². The summed E-state index contributed by atoms with van der Waals surface area (Å²) in [7, 11) is 0. The first-order valence-electron chi connectivity index (χ1n) is 3.83. The lowest BCUT2D eigenvalue weighted by molar-refractivity contribution is 0.499. The van der Waals surface area contributed by atoms with Crippen molar-refractivity contribution in [2.24, 2.45) is 5.92 Å². The molecule has 1 aliphatic carbocycles. The van der Waals surface area contributed by atoms with Crippen LogP contribution in [-0.2, 0) is 0 Å². The Hall–Kier alpha value is -0.0800. The first-order valence-corrected chi connectivity index (χ1v) is 3.83. The predicted octanol–water partition coefficient (Wildman–Crippen LogP) is 0.915. The summed E-state index contributed by atoms with van der Waals surface area (Å²) in [5.41, 5.74) is 7.19. The molecule has 0 aromatic rings. The van der Waals surface area contributed by atoms with Crippen LogP contribution in [0.2, 0.25) is 0 Å². The van der Waals surface area contributed by atoms with Crippen LogP contribution in [-0.4, -0.2) is 13.1 Å². The van der Waals surface area contributed by atoms with Gasteiger partial charge in [-0.1, -0.05) is 6.92 Å². The van der Waals surface area contributed by atoms with Crippen molar-refractivity contribution >= 4 is 0 Å². The van der Waals surface area contributed by atoms with Crippen LogP contribution in [0.1, 0.15) is 26.2 Å². The first kappa shape index (κ1) is 7.03. The standard InChI is InChI=1S/C7H15N2/c1-2-5-8-9-6-7-3-4-7/h7,9H,2-6H2,1H3. The smallest absolute Gasteiger partial charge is 0.0301 e. The Balaban J connectivity index is 1.71. The molecular formula is C7H15N2. The Labute approximate surface area is 57.0 Å². The Morgan fingerprint density at radius 3 is 2.89 bits per heavy atom. The van der Waals surface area contributed by atoms with E-state index in [0.29, 0.717) is 0 Å². The summed E-state index contributed by atoms with van der Waals surface area (Å²) in [6, 6.07) is 0. The summed E-state index contributed by atoms with van der Waals surface area (Å²) in [6.07, 6.45) is 3.97. The average Bonchev–Trinajstić information content (AvgIpc) is 2.63. The zero-order valence-corrected chi connectivity index (χ0v) is 6.06. The van der Waals surface area contributed by atoms with Crippen molar-refractivity contribution in [3.63, 3.8) is 0 Å². The molecule has 0 heterocycles. The second-order valence-electron chi connectivity index (χ2n) is 2.69. The Kier molecular flexibility index (Phi) is 3.01. The van der Waals surface area contributed by atoms with Crippen molar-refractivity contribution in [1.82, 2.24) is 10.9 Å². The number of nitrogens with one attached hydrogen (secondary N) is 1. The maximum Gasteiger partial charge on any atom is 0.0301 e. The SMILES string of the molecule is CCC[N]NCC1CC1. The minimum absolute atomic E-state index is 0.950. The molecule has 1 saturated carbocycles.